The highest BCUT2D eigenvalue weighted by Gasteiger charge is 2.21. The van der Waals surface area contributed by atoms with Gasteiger partial charge in [-0.05, 0) is 25.7 Å². The van der Waals surface area contributed by atoms with Gasteiger partial charge < -0.3 is 15.2 Å². The van der Waals surface area contributed by atoms with Crippen LogP contribution in [-0.4, -0.2) is 12.7 Å². The fourth-order valence-electron chi connectivity index (χ4n) is 1.64. The van der Waals surface area contributed by atoms with E-state index in [1.165, 1.54) is 12.5 Å². The Morgan fingerprint density at radius 2 is 2.12 bits per heavy atom. The predicted octanol–water partition coefficient (Wildman–Crippen LogP) is 3.13. The summed E-state index contributed by atoms with van der Waals surface area (Å²) in [5, 5.41) is 0. The molecule has 1 aromatic carbocycles. The van der Waals surface area contributed by atoms with Crippen molar-refractivity contribution in [2.24, 2.45) is 0 Å². The molecule has 94 valence electrons. The van der Waals surface area contributed by atoms with E-state index in [2.05, 4.69) is 0 Å². The number of nitrogens with two attached hydrogens (primary N) is 1. The zero-order valence-corrected chi connectivity index (χ0v) is 10.0. The van der Waals surface area contributed by atoms with Gasteiger partial charge in [0.1, 0.15) is 5.75 Å². The van der Waals surface area contributed by atoms with E-state index in [1.807, 2.05) is 6.92 Å². The van der Waals surface area contributed by atoms with Crippen LogP contribution in [0.5, 0.6) is 11.5 Å². The van der Waals surface area contributed by atoms with Crippen LogP contribution in [0.25, 0.3) is 0 Å². The van der Waals surface area contributed by atoms with Crippen LogP contribution in [0.2, 0.25) is 0 Å². The first-order valence-electron chi connectivity index (χ1n) is 6.09. The van der Waals surface area contributed by atoms with Gasteiger partial charge in [0, 0.05) is 12.1 Å². The smallest absolute Gasteiger partial charge is 0.167 e. The molecular formula is C13H18FNO2. The van der Waals surface area contributed by atoms with E-state index in [0.29, 0.717) is 18.0 Å². The van der Waals surface area contributed by atoms with Crippen LogP contribution < -0.4 is 15.2 Å². The van der Waals surface area contributed by atoms with Crippen LogP contribution in [0.1, 0.15) is 32.6 Å². The number of halogens is 1. The van der Waals surface area contributed by atoms with Crippen LogP contribution >= 0.6 is 0 Å². The Balaban J connectivity index is 2.12. The lowest BCUT2D eigenvalue weighted by molar-refractivity contribution is 0.120. The molecule has 1 aliphatic rings. The van der Waals surface area contributed by atoms with Gasteiger partial charge in [0.15, 0.2) is 11.6 Å². The maximum absolute atomic E-state index is 13.5. The number of ether oxygens (including phenoxy) is 2. The molecule has 1 aromatic rings. The highest BCUT2D eigenvalue weighted by atomic mass is 19.1. The summed E-state index contributed by atoms with van der Waals surface area (Å²) in [6.45, 7) is 2.46. The van der Waals surface area contributed by atoms with Crippen molar-refractivity contribution in [2.45, 2.75) is 38.7 Å². The van der Waals surface area contributed by atoms with Crippen molar-refractivity contribution in [2.75, 3.05) is 12.3 Å². The number of nitrogen functional groups attached to an aromatic ring is 1. The minimum atomic E-state index is -0.433. The van der Waals surface area contributed by atoms with Gasteiger partial charge in [0.05, 0.1) is 18.4 Å². The largest absolute Gasteiger partial charge is 0.490 e. The summed E-state index contributed by atoms with van der Waals surface area (Å²) in [7, 11) is 0. The third-order valence-electron chi connectivity index (χ3n) is 2.87. The summed E-state index contributed by atoms with van der Waals surface area (Å²) in [5.74, 6) is 0.314. The molecular weight excluding hydrogens is 221 g/mol. The van der Waals surface area contributed by atoms with E-state index >= 15 is 0 Å². The lowest BCUT2D eigenvalue weighted by Crippen LogP contribution is -2.25. The number of benzene rings is 1. The second-order valence-corrected chi connectivity index (χ2v) is 4.34. The Morgan fingerprint density at radius 1 is 1.35 bits per heavy atom. The van der Waals surface area contributed by atoms with Crippen molar-refractivity contribution in [3.8, 4) is 11.5 Å². The second kappa shape index (κ2) is 5.25. The Bertz CT molecular complexity index is 391. The Hall–Kier alpha value is -1.45. The lowest BCUT2D eigenvalue weighted by atomic mass is 9.96. The van der Waals surface area contributed by atoms with Crippen molar-refractivity contribution >= 4 is 5.69 Å². The van der Waals surface area contributed by atoms with Gasteiger partial charge in [-0.25, -0.2) is 4.39 Å². The van der Waals surface area contributed by atoms with E-state index in [0.717, 1.165) is 19.3 Å². The van der Waals surface area contributed by atoms with E-state index < -0.39 is 5.82 Å². The van der Waals surface area contributed by atoms with Gasteiger partial charge in [-0.15, -0.1) is 0 Å². The Labute approximate surface area is 101 Å². The third-order valence-corrected chi connectivity index (χ3v) is 2.87. The molecule has 17 heavy (non-hydrogen) atoms. The quantitative estimate of drug-likeness (QED) is 0.803. The van der Waals surface area contributed by atoms with E-state index in [4.69, 9.17) is 15.2 Å². The van der Waals surface area contributed by atoms with Gasteiger partial charge in [-0.1, -0.05) is 6.92 Å². The topological polar surface area (TPSA) is 44.5 Å². The number of anilines is 1. The first kappa shape index (κ1) is 12.0. The molecule has 4 heteroatoms. The van der Waals surface area contributed by atoms with Gasteiger partial charge in [0.25, 0.3) is 0 Å². The van der Waals surface area contributed by atoms with Crippen molar-refractivity contribution in [3.63, 3.8) is 0 Å². The summed E-state index contributed by atoms with van der Waals surface area (Å²) >= 11 is 0. The average molecular weight is 239 g/mol. The zero-order chi connectivity index (χ0) is 12.3. The van der Waals surface area contributed by atoms with Crippen LogP contribution in [0.4, 0.5) is 10.1 Å². The molecule has 0 aliphatic heterocycles. The highest BCUT2D eigenvalue weighted by molar-refractivity contribution is 5.56. The molecule has 1 saturated carbocycles. The van der Waals surface area contributed by atoms with Gasteiger partial charge >= 0.3 is 0 Å². The molecule has 2 N–H and O–H groups in total. The van der Waals surface area contributed by atoms with Gasteiger partial charge in [-0.3, -0.25) is 0 Å². The number of hydrogen-bond acceptors (Lipinski definition) is 3. The zero-order valence-electron chi connectivity index (χ0n) is 10.0. The standard InChI is InChI=1S/C13H18FNO2/c1-2-6-16-12-8-13(11(15)7-10(12)14)17-9-4-3-5-9/h7-9H,2-6,15H2,1H3. The molecule has 3 nitrogen and oxygen atoms in total. The first-order valence-corrected chi connectivity index (χ1v) is 6.09. The van der Waals surface area contributed by atoms with Crippen molar-refractivity contribution in [1.29, 1.82) is 0 Å². The van der Waals surface area contributed by atoms with Crippen molar-refractivity contribution in [1.82, 2.24) is 0 Å². The number of rotatable bonds is 5. The molecule has 0 atom stereocenters. The molecule has 0 spiro atoms. The Kier molecular flexibility index (Phi) is 3.71. The predicted molar refractivity (Wildman–Crippen MR) is 64.9 cm³/mol. The minimum Gasteiger partial charge on any atom is -0.490 e. The molecule has 2 rings (SSSR count). The van der Waals surface area contributed by atoms with E-state index in [-0.39, 0.29) is 11.9 Å². The average Bonchev–Trinajstić information content (AvgIpc) is 2.24. The summed E-state index contributed by atoms with van der Waals surface area (Å²) in [5.41, 5.74) is 6.06. The van der Waals surface area contributed by atoms with Gasteiger partial charge in [-0.2, -0.15) is 0 Å². The van der Waals surface area contributed by atoms with Crippen LogP contribution in [0.3, 0.4) is 0 Å². The summed E-state index contributed by atoms with van der Waals surface area (Å²) in [4.78, 5) is 0. The van der Waals surface area contributed by atoms with E-state index in [9.17, 15) is 4.39 Å². The SMILES string of the molecule is CCCOc1cc(OC2CCC2)c(N)cc1F. The van der Waals surface area contributed by atoms with Crippen molar-refractivity contribution < 1.29 is 13.9 Å². The molecule has 1 aliphatic carbocycles. The fourth-order valence-corrected chi connectivity index (χ4v) is 1.64. The van der Waals surface area contributed by atoms with Crippen LogP contribution in [0.15, 0.2) is 12.1 Å². The molecule has 0 unspecified atom stereocenters. The second-order valence-electron chi connectivity index (χ2n) is 4.34. The summed E-state index contributed by atoms with van der Waals surface area (Å²) < 4.78 is 24.5. The van der Waals surface area contributed by atoms with Crippen LogP contribution in [-0.2, 0) is 0 Å². The molecule has 0 amide bonds. The maximum Gasteiger partial charge on any atom is 0.167 e. The summed E-state index contributed by atoms with van der Waals surface area (Å²) in [6, 6.07) is 2.82. The minimum absolute atomic E-state index is 0.218. The molecule has 0 heterocycles. The summed E-state index contributed by atoms with van der Waals surface area (Å²) in [6.07, 6.45) is 4.33. The molecule has 0 bridgehead atoms. The molecule has 0 saturated heterocycles. The third kappa shape index (κ3) is 2.81. The van der Waals surface area contributed by atoms with Crippen molar-refractivity contribution in [3.05, 3.63) is 17.9 Å². The monoisotopic (exact) mass is 239 g/mol. The molecule has 0 radical (unpaired) electrons. The number of hydrogen-bond donors (Lipinski definition) is 1. The Morgan fingerprint density at radius 3 is 2.71 bits per heavy atom. The molecule has 0 aromatic heterocycles. The van der Waals surface area contributed by atoms with Gasteiger partial charge in [0.2, 0.25) is 0 Å². The van der Waals surface area contributed by atoms with Crippen LogP contribution in [0, 0.1) is 5.82 Å². The normalized spacial score (nSPS) is 15.4. The highest BCUT2D eigenvalue weighted by Crippen LogP contribution is 2.33. The van der Waals surface area contributed by atoms with E-state index in [1.54, 1.807) is 6.07 Å². The maximum atomic E-state index is 13.5. The lowest BCUT2D eigenvalue weighted by Gasteiger charge is -2.27. The first-order chi connectivity index (χ1) is 8.20. The fraction of sp³-hybridized carbons (Fsp3) is 0.538. The molecule has 1 fully saturated rings.